The zero-order valence-electron chi connectivity index (χ0n) is 13.4. The molecule has 0 bridgehead atoms. The minimum atomic E-state index is 0.526. The highest BCUT2D eigenvalue weighted by atomic mass is 15.3. The molecule has 6 nitrogen and oxygen atoms in total. The van der Waals surface area contributed by atoms with Gasteiger partial charge in [-0.15, -0.1) is 5.10 Å². The molecule has 1 fully saturated rings. The Kier molecular flexibility index (Phi) is 4.68. The Morgan fingerprint density at radius 3 is 3.05 bits per heavy atom. The van der Waals surface area contributed by atoms with E-state index in [0.717, 1.165) is 37.8 Å². The highest BCUT2D eigenvalue weighted by Gasteiger charge is 2.24. The molecule has 0 saturated carbocycles. The first-order valence-corrected chi connectivity index (χ1v) is 8.01. The fourth-order valence-electron chi connectivity index (χ4n) is 3.12. The van der Waals surface area contributed by atoms with Gasteiger partial charge in [-0.1, -0.05) is 0 Å². The van der Waals surface area contributed by atoms with Crippen LogP contribution < -0.4 is 4.90 Å². The van der Waals surface area contributed by atoms with E-state index in [-0.39, 0.29) is 0 Å². The maximum Gasteiger partial charge on any atom is 0.151 e. The Bertz CT molecular complexity index is 581. The van der Waals surface area contributed by atoms with Crippen LogP contribution in [0.15, 0.2) is 30.7 Å². The highest BCUT2D eigenvalue weighted by molar-refractivity contribution is 5.37. The molecule has 118 valence electrons. The number of likely N-dealkylation sites (N-methyl/N-ethyl adjacent to an activating group) is 1. The van der Waals surface area contributed by atoms with Crippen LogP contribution in [-0.4, -0.2) is 50.8 Å². The lowest BCUT2D eigenvalue weighted by molar-refractivity contribution is 0.201. The molecule has 0 spiro atoms. The fourth-order valence-corrected chi connectivity index (χ4v) is 3.12. The number of rotatable bonds is 5. The third-order valence-corrected chi connectivity index (χ3v) is 4.44. The van der Waals surface area contributed by atoms with Gasteiger partial charge in [-0.05, 0) is 38.9 Å². The smallest absolute Gasteiger partial charge is 0.151 e. The third-order valence-electron chi connectivity index (χ3n) is 4.44. The number of hydrogen-bond acceptors (Lipinski definition) is 5. The number of piperidine rings is 1. The van der Waals surface area contributed by atoms with Crippen LogP contribution >= 0.6 is 0 Å². The first-order chi connectivity index (χ1) is 10.8. The van der Waals surface area contributed by atoms with Crippen molar-refractivity contribution in [2.75, 3.05) is 25.0 Å². The van der Waals surface area contributed by atoms with Gasteiger partial charge in [0.15, 0.2) is 5.82 Å². The van der Waals surface area contributed by atoms with Crippen LogP contribution in [0.1, 0.15) is 25.6 Å². The average Bonchev–Trinajstić information content (AvgIpc) is 3.03. The van der Waals surface area contributed by atoms with E-state index >= 15 is 0 Å². The highest BCUT2D eigenvalue weighted by Crippen LogP contribution is 2.20. The van der Waals surface area contributed by atoms with Crippen molar-refractivity contribution < 1.29 is 0 Å². The van der Waals surface area contributed by atoms with Crippen LogP contribution in [0, 0.1) is 0 Å². The summed E-state index contributed by atoms with van der Waals surface area (Å²) in [5.41, 5.74) is 0. The van der Waals surface area contributed by atoms with Crippen LogP contribution in [0.5, 0.6) is 0 Å². The van der Waals surface area contributed by atoms with Crippen LogP contribution in [0.2, 0.25) is 0 Å². The Labute approximate surface area is 131 Å². The number of hydrogen-bond donors (Lipinski definition) is 0. The molecule has 1 aliphatic heterocycles. The molecule has 0 N–H and O–H groups in total. The molecule has 0 radical (unpaired) electrons. The second-order valence-corrected chi connectivity index (χ2v) is 5.87. The van der Waals surface area contributed by atoms with Crippen molar-refractivity contribution in [3.05, 3.63) is 36.5 Å². The van der Waals surface area contributed by atoms with E-state index in [9.17, 15) is 0 Å². The normalized spacial score (nSPS) is 18.9. The Morgan fingerprint density at radius 2 is 2.27 bits per heavy atom. The second-order valence-electron chi connectivity index (χ2n) is 5.87. The zero-order valence-corrected chi connectivity index (χ0v) is 13.4. The summed E-state index contributed by atoms with van der Waals surface area (Å²) >= 11 is 0. The topological polar surface area (TPSA) is 50.1 Å². The van der Waals surface area contributed by atoms with E-state index in [4.69, 9.17) is 0 Å². The van der Waals surface area contributed by atoms with Gasteiger partial charge >= 0.3 is 0 Å². The summed E-state index contributed by atoms with van der Waals surface area (Å²) in [7, 11) is 2.19. The van der Waals surface area contributed by atoms with E-state index in [1.807, 2.05) is 18.3 Å². The molecule has 3 heterocycles. The fraction of sp³-hybridized carbons (Fsp3) is 0.562. The molecule has 6 heteroatoms. The molecule has 2 aromatic rings. The molecule has 0 aliphatic carbocycles. The monoisotopic (exact) mass is 300 g/mol. The van der Waals surface area contributed by atoms with Crippen LogP contribution in [0.25, 0.3) is 0 Å². The van der Waals surface area contributed by atoms with E-state index in [1.165, 1.54) is 12.8 Å². The van der Waals surface area contributed by atoms with Gasteiger partial charge in [0.2, 0.25) is 0 Å². The summed E-state index contributed by atoms with van der Waals surface area (Å²) in [6, 6.07) is 4.52. The van der Waals surface area contributed by atoms with Crippen molar-refractivity contribution in [3.8, 4) is 0 Å². The quantitative estimate of drug-likeness (QED) is 0.842. The van der Waals surface area contributed by atoms with Crippen molar-refractivity contribution >= 4 is 5.82 Å². The predicted octanol–water partition coefficient (Wildman–Crippen LogP) is 1.79. The van der Waals surface area contributed by atoms with Gasteiger partial charge < -0.3 is 9.47 Å². The number of aryl methyl sites for hydroxylation is 1. The van der Waals surface area contributed by atoms with Gasteiger partial charge in [0.25, 0.3) is 0 Å². The summed E-state index contributed by atoms with van der Waals surface area (Å²) in [5.74, 6) is 2.12. The summed E-state index contributed by atoms with van der Waals surface area (Å²) < 4.78 is 2.21. The number of nitrogens with zero attached hydrogens (tertiary/aromatic N) is 6. The molecular weight excluding hydrogens is 276 g/mol. The predicted molar refractivity (Wildman–Crippen MR) is 86.6 cm³/mol. The third kappa shape index (κ3) is 3.27. The number of aromatic nitrogens is 4. The van der Waals surface area contributed by atoms with Gasteiger partial charge in [0.1, 0.15) is 5.82 Å². The maximum absolute atomic E-state index is 4.48. The van der Waals surface area contributed by atoms with E-state index in [2.05, 4.69) is 49.7 Å². The minimum Gasteiger partial charge on any atom is -0.354 e. The largest absolute Gasteiger partial charge is 0.354 e. The van der Waals surface area contributed by atoms with Crippen LogP contribution in [-0.2, 0) is 13.1 Å². The Hall–Kier alpha value is -1.95. The van der Waals surface area contributed by atoms with Crippen molar-refractivity contribution in [1.29, 1.82) is 0 Å². The molecule has 1 aliphatic rings. The molecule has 0 aromatic carbocycles. The molecule has 1 saturated heterocycles. The van der Waals surface area contributed by atoms with E-state index in [0.29, 0.717) is 6.04 Å². The summed E-state index contributed by atoms with van der Waals surface area (Å²) in [5, 5.41) is 8.23. The summed E-state index contributed by atoms with van der Waals surface area (Å²) in [6.07, 6.45) is 8.07. The molecular formula is C16H24N6. The van der Waals surface area contributed by atoms with E-state index < -0.39 is 0 Å². The van der Waals surface area contributed by atoms with Gasteiger partial charge in [0.05, 0.1) is 6.54 Å². The first kappa shape index (κ1) is 15.0. The van der Waals surface area contributed by atoms with Crippen LogP contribution in [0.4, 0.5) is 5.82 Å². The van der Waals surface area contributed by atoms with Crippen molar-refractivity contribution in [2.45, 2.75) is 38.9 Å². The minimum absolute atomic E-state index is 0.526. The Morgan fingerprint density at radius 1 is 1.36 bits per heavy atom. The van der Waals surface area contributed by atoms with Crippen molar-refractivity contribution in [2.24, 2.45) is 0 Å². The van der Waals surface area contributed by atoms with E-state index in [1.54, 1.807) is 6.20 Å². The summed E-state index contributed by atoms with van der Waals surface area (Å²) in [4.78, 5) is 9.24. The number of anilines is 1. The molecule has 2 aromatic heterocycles. The summed E-state index contributed by atoms with van der Waals surface area (Å²) in [6.45, 7) is 6.08. The average molecular weight is 300 g/mol. The number of imidazole rings is 1. The second kappa shape index (κ2) is 6.87. The van der Waals surface area contributed by atoms with Gasteiger partial charge in [0, 0.05) is 44.3 Å². The molecule has 3 rings (SSSR count). The lowest BCUT2D eigenvalue weighted by Gasteiger charge is -2.37. The van der Waals surface area contributed by atoms with Crippen molar-refractivity contribution in [3.63, 3.8) is 0 Å². The maximum atomic E-state index is 4.48. The van der Waals surface area contributed by atoms with Gasteiger partial charge in [-0.3, -0.25) is 4.90 Å². The lowest BCUT2D eigenvalue weighted by Crippen LogP contribution is -2.46. The van der Waals surface area contributed by atoms with Crippen molar-refractivity contribution in [1.82, 2.24) is 24.6 Å². The first-order valence-electron chi connectivity index (χ1n) is 8.01. The Balaban J connectivity index is 1.64. The molecule has 0 unspecified atom stereocenters. The molecule has 1 atom stereocenters. The van der Waals surface area contributed by atoms with Gasteiger partial charge in [-0.2, -0.15) is 5.10 Å². The molecule has 22 heavy (non-hydrogen) atoms. The van der Waals surface area contributed by atoms with Gasteiger partial charge in [-0.25, -0.2) is 4.98 Å². The standard InChI is InChI=1S/C16H24N6/c1-3-21-11-9-17-16(21)13-20(2)14-6-5-10-22(12-14)15-7-4-8-18-19-15/h4,7-9,11,14H,3,5-6,10,12-13H2,1-2H3/t14-/m1/s1. The zero-order chi connectivity index (χ0) is 15.4. The lowest BCUT2D eigenvalue weighted by atomic mass is 10.0. The molecule has 0 amide bonds. The van der Waals surface area contributed by atoms with Crippen LogP contribution in [0.3, 0.4) is 0 Å². The SMILES string of the molecule is CCn1ccnc1CN(C)[C@@H]1CCCN(c2cccnn2)C1.